The van der Waals surface area contributed by atoms with Gasteiger partial charge in [-0.1, -0.05) is 23.2 Å². The van der Waals surface area contributed by atoms with Crippen LogP contribution in [0, 0.1) is 0 Å². The molecular formula is C13H18Cl2N2O2S. The molecule has 1 fully saturated rings. The van der Waals surface area contributed by atoms with Crippen LogP contribution in [0.25, 0.3) is 0 Å². The highest BCUT2D eigenvalue weighted by Gasteiger charge is 2.19. The molecule has 0 aromatic heterocycles. The summed E-state index contributed by atoms with van der Waals surface area (Å²) in [5.41, 5.74) is 0.368. The molecule has 0 heterocycles. The van der Waals surface area contributed by atoms with E-state index in [1.807, 2.05) is 0 Å². The SMILES string of the molecule is O=S(=O)(CCCCNC1CC1)Nc1ccc(Cl)cc1Cl. The number of hydrogen-bond donors (Lipinski definition) is 2. The Morgan fingerprint density at radius 2 is 1.95 bits per heavy atom. The van der Waals surface area contributed by atoms with Crippen LogP contribution in [0.4, 0.5) is 5.69 Å². The fourth-order valence-corrected chi connectivity index (χ4v) is 3.51. The molecule has 112 valence electrons. The first kappa shape index (κ1) is 15.9. The van der Waals surface area contributed by atoms with Crippen molar-refractivity contribution in [3.05, 3.63) is 28.2 Å². The molecule has 0 amide bonds. The minimum absolute atomic E-state index is 0.0955. The maximum absolute atomic E-state index is 11.9. The third-order valence-electron chi connectivity index (χ3n) is 3.05. The van der Waals surface area contributed by atoms with E-state index in [4.69, 9.17) is 23.2 Å². The van der Waals surface area contributed by atoms with Crippen molar-refractivity contribution in [1.29, 1.82) is 0 Å². The largest absolute Gasteiger partial charge is 0.314 e. The Bertz CT molecular complexity index is 559. The Morgan fingerprint density at radius 3 is 2.60 bits per heavy atom. The average molecular weight is 337 g/mol. The third-order valence-corrected chi connectivity index (χ3v) is 4.95. The van der Waals surface area contributed by atoms with Crippen LogP contribution in [0.2, 0.25) is 10.0 Å². The standard InChI is InChI=1S/C13H18Cl2N2O2S/c14-10-3-6-13(12(15)9-10)17-20(18,19)8-2-1-7-16-11-4-5-11/h3,6,9,11,16-17H,1-2,4-5,7-8H2. The fourth-order valence-electron chi connectivity index (χ4n) is 1.80. The second-order valence-corrected chi connectivity index (χ2v) is 7.67. The maximum Gasteiger partial charge on any atom is 0.232 e. The van der Waals surface area contributed by atoms with Crippen molar-refractivity contribution < 1.29 is 8.42 Å². The van der Waals surface area contributed by atoms with Gasteiger partial charge in [-0.05, 0) is 50.4 Å². The molecule has 0 spiro atoms. The molecule has 0 atom stereocenters. The fraction of sp³-hybridized carbons (Fsp3) is 0.538. The molecule has 0 radical (unpaired) electrons. The highest BCUT2D eigenvalue weighted by Crippen LogP contribution is 2.26. The molecule has 0 unspecified atom stereocenters. The van der Waals surface area contributed by atoms with E-state index in [2.05, 4.69) is 10.0 Å². The molecule has 0 saturated heterocycles. The predicted molar refractivity (Wildman–Crippen MR) is 84.1 cm³/mol. The molecule has 7 heteroatoms. The summed E-state index contributed by atoms with van der Waals surface area (Å²) < 4.78 is 26.3. The Hall–Kier alpha value is -0.490. The minimum Gasteiger partial charge on any atom is -0.314 e. The molecular weight excluding hydrogens is 319 g/mol. The minimum atomic E-state index is -3.36. The highest BCUT2D eigenvalue weighted by molar-refractivity contribution is 7.92. The van der Waals surface area contributed by atoms with Crippen molar-refractivity contribution in [3.8, 4) is 0 Å². The third kappa shape index (κ3) is 5.48. The number of halogens is 2. The van der Waals surface area contributed by atoms with Crippen LogP contribution in [0.1, 0.15) is 25.7 Å². The summed E-state index contributed by atoms with van der Waals surface area (Å²) in [6, 6.07) is 5.35. The van der Waals surface area contributed by atoms with Gasteiger partial charge in [-0.3, -0.25) is 4.72 Å². The maximum atomic E-state index is 11.9. The van der Waals surface area contributed by atoms with E-state index in [1.54, 1.807) is 12.1 Å². The Morgan fingerprint density at radius 1 is 1.20 bits per heavy atom. The second-order valence-electron chi connectivity index (χ2n) is 4.98. The van der Waals surface area contributed by atoms with Gasteiger partial charge in [0.2, 0.25) is 10.0 Å². The number of anilines is 1. The van der Waals surface area contributed by atoms with Gasteiger partial charge in [0.05, 0.1) is 16.5 Å². The second kappa shape index (κ2) is 6.98. The Balaban J connectivity index is 1.77. The molecule has 20 heavy (non-hydrogen) atoms. The topological polar surface area (TPSA) is 58.2 Å². The van der Waals surface area contributed by atoms with Crippen molar-refractivity contribution in [3.63, 3.8) is 0 Å². The van der Waals surface area contributed by atoms with E-state index < -0.39 is 10.0 Å². The van der Waals surface area contributed by atoms with Crippen molar-refractivity contribution in [2.24, 2.45) is 0 Å². The zero-order valence-corrected chi connectivity index (χ0v) is 13.4. The van der Waals surface area contributed by atoms with Crippen LogP contribution in [-0.4, -0.2) is 26.8 Å². The van der Waals surface area contributed by atoms with Gasteiger partial charge in [-0.25, -0.2) is 8.42 Å². The summed E-state index contributed by atoms with van der Waals surface area (Å²) in [4.78, 5) is 0. The number of unbranched alkanes of at least 4 members (excludes halogenated alkanes) is 1. The highest BCUT2D eigenvalue weighted by atomic mass is 35.5. The Labute approximate surface area is 129 Å². The molecule has 1 aromatic carbocycles. The summed E-state index contributed by atoms with van der Waals surface area (Å²) in [5, 5.41) is 4.14. The van der Waals surface area contributed by atoms with E-state index >= 15 is 0 Å². The van der Waals surface area contributed by atoms with Gasteiger partial charge in [0.25, 0.3) is 0 Å². The summed E-state index contributed by atoms with van der Waals surface area (Å²) in [6.07, 6.45) is 3.97. The lowest BCUT2D eigenvalue weighted by atomic mass is 10.3. The lowest BCUT2D eigenvalue weighted by Gasteiger charge is -2.10. The molecule has 1 aliphatic carbocycles. The van der Waals surface area contributed by atoms with Gasteiger partial charge in [-0.15, -0.1) is 0 Å². The number of nitrogens with one attached hydrogen (secondary N) is 2. The van der Waals surface area contributed by atoms with Gasteiger partial charge >= 0.3 is 0 Å². The first-order valence-corrected chi connectivity index (χ1v) is 9.06. The smallest absolute Gasteiger partial charge is 0.232 e. The van der Waals surface area contributed by atoms with Crippen molar-refractivity contribution in [2.75, 3.05) is 17.0 Å². The number of hydrogen-bond acceptors (Lipinski definition) is 3. The van der Waals surface area contributed by atoms with E-state index in [0.717, 1.165) is 13.0 Å². The number of rotatable bonds is 8. The molecule has 0 aliphatic heterocycles. The van der Waals surface area contributed by atoms with Crippen LogP contribution in [0.3, 0.4) is 0 Å². The first-order chi connectivity index (χ1) is 9.46. The van der Waals surface area contributed by atoms with E-state index in [0.29, 0.717) is 28.2 Å². The van der Waals surface area contributed by atoms with E-state index in [9.17, 15) is 8.42 Å². The molecule has 0 bridgehead atoms. The monoisotopic (exact) mass is 336 g/mol. The van der Waals surface area contributed by atoms with Crippen molar-refractivity contribution in [1.82, 2.24) is 5.32 Å². The molecule has 1 aromatic rings. The van der Waals surface area contributed by atoms with Crippen molar-refractivity contribution >= 4 is 38.9 Å². The van der Waals surface area contributed by atoms with E-state index in [1.165, 1.54) is 18.9 Å². The molecule has 1 saturated carbocycles. The van der Waals surface area contributed by atoms with Crippen LogP contribution in [0.5, 0.6) is 0 Å². The number of benzene rings is 1. The molecule has 2 N–H and O–H groups in total. The lowest BCUT2D eigenvalue weighted by molar-refractivity contribution is 0.591. The van der Waals surface area contributed by atoms with Gasteiger partial charge in [0, 0.05) is 11.1 Å². The Kier molecular flexibility index (Phi) is 5.55. The summed E-state index contributed by atoms with van der Waals surface area (Å²) in [6.45, 7) is 0.877. The zero-order chi connectivity index (χ0) is 14.6. The normalized spacial score (nSPS) is 15.3. The van der Waals surface area contributed by atoms with Crippen LogP contribution >= 0.6 is 23.2 Å². The predicted octanol–water partition coefficient (Wildman–Crippen LogP) is 3.27. The summed E-state index contributed by atoms with van der Waals surface area (Å²) in [7, 11) is -3.36. The molecule has 2 rings (SSSR count). The van der Waals surface area contributed by atoms with Crippen LogP contribution < -0.4 is 10.0 Å². The van der Waals surface area contributed by atoms with Gasteiger partial charge in [0.1, 0.15) is 0 Å². The van der Waals surface area contributed by atoms with Gasteiger partial charge in [-0.2, -0.15) is 0 Å². The van der Waals surface area contributed by atoms with Gasteiger partial charge < -0.3 is 5.32 Å². The lowest BCUT2D eigenvalue weighted by Crippen LogP contribution is -2.20. The molecule has 1 aliphatic rings. The summed E-state index contributed by atoms with van der Waals surface area (Å²) >= 11 is 11.7. The summed E-state index contributed by atoms with van der Waals surface area (Å²) in [5.74, 6) is 0.0955. The van der Waals surface area contributed by atoms with Crippen LogP contribution in [0.15, 0.2) is 18.2 Å². The quantitative estimate of drug-likeness (QED) is 0.716. The first-order valence-electron chi connectivity index (χ1n) is 6.65. The van der Waals surface area contributed by atoms with Crippen molar-refractivity contribution in [2.45, 2.75) is 31.7 Å². The molecule has 4 nitrogen and oxygen atoms in total. The number of sulfonamides is 1. The van der Waals surface area contributed by atoms with E-state index in [-0.39, 0.29) is 5.75 Å². The zero-order valence-electron chi connectivity index (χ0n) is 11.0. The van der Waals surface area contributed by atoms with Gasteiger partial charge in [0.15, 0.2) is 0 Å². The van der Waals surface area contributed by atoms with Crippen LogP contribution in [-0.2, 0) is 10.0 Å². The average Bonchev–Trinajstić information content (AvgIpc) is 3.16.